The molecule has 0 radical (unpaired) electrons. The molecule has 8 heteroatoms. The van der Waals surface area contributed by atoms with Crippen molar-refractivity contribution in [3.8, 4) is 22.5 Å². The Morgan fingerprint density at radius 3 is 2.50 bits per heavy atom. The standard InChI is InChI=1S/C24H29N7O/c1-4-6-10-22-27-31(17(3)5-2)24(32)30(22)16-18-11-13-19(14-12-18)20-8-7-9-21(15-20)23-25-28-29-26-23/h7-9,11-15,17H,4-6,10,16H2,1-3H3,(H,25,26,28,29). The molecule has 2 aromatic carbocycles. The van der Waals surface area contributed by atoms with Crippen LogP contribution in [0.1, 0.15) is 57.5 Å². The summed E-state index contributed by atoms with van der Waals surface area (Å²) in [4.78, 5) is 13.0. The van der Waals surface area contributed by atoms with Gasteiger partial charge in [-0.3, -0.25) is 4.57 Å². The Kier molecular flexibility index (Phi) is 6.58. The largest absolute Gasteiger partial charge is 0.346 e. The molecule has 0 aliphatic rings. The van der Waals surface area contributed by atoms with E-state index in [1.807, 2.05) is 29.7 Å². The Balaban J connectivity index is 1.59. The third kappa shape index (κ3) is 4.54. The second kappa shape index (κ2) is 9.72. The number of aromatic nitrogens is 7. The molecule has 2 aromatic heterocycles. The number of H-pyrrole nitrogens is 1. The number of nitrogens with zero attached hydrogens (tertiary/aromatic N) is 6. The first-order chi connectivity index (χ1) is 15.6. The van der Waals surface area contributed by atoms with Crippen LogP contribution < -0.4 is 5.69 Å². The second-order valence-corrected chi connectivity index (χ2v) is 8.10. The Morgan fingerprint density at radius 2 is 1.81 bits per heavy atom. The van der Waals surface area contributed by atoms with Gasteiger partial charge in [0.1, 0.15) is 5.82 Å². The first kappa shape index (κ1) is 21.7. The van der Waals surface area contributed by atoms with E-state index in [0.717, 1.165) is 53.8 Å². The average Bonchev–Trinajstić information content (AvgIpc) is 3.47. The highest BCUT2D eigenvalue weighted by Crippen LogP contribution is 2.24. The van der Waals surface area contributed by atoms with E-state index < -0.39 is 0 Å². The van der Waals surface area contributed by atoms with Crippen molar-refractivity contribution in [1.29, 1.82) is 0 Å². The number of aromatic amines is 1. The molecule has 4 aromatic rings. The lowest BCUT2D eigenvalue weighted by Gasteiger charge is -2.08. The van der Waals surface area contributed by atoms with E-state index in [0.29, 0.717) is 12.4 Å². The van der Waals surface area contributed by atoms with E-state index in [1.54, 1.807) is 4.68 Å². The molecular weight excluding hydrogens is 402 g/mol. The minimum atomic E-state index is -0.0256. The van der Waals surface area contributed by atoms with Gasteiger partial charge in [-0.1, -0.05) is 62.7 Å². The fourth-order valence-electron chi connectivity index (χ4n) is 3.70. The van der Waals surface area contributed by atoms with Crippen molar-refractivity contribution < 1.29 is 0 Å². The summed E-state index contributed by atoms with van der Waals surface area (Å²) in [5, 5.41) is 18.9. The summed E-state index contributed by atoms with van der Waals surface area (Å²) < 4.78 is 3.47. The summed E-state index contributed by atoms with van der Waals surface area (Å²) in [5.74, 6) is 1.44. The minimum absolute atomic E-state index is 0.0256. The third-order valence-corrected chi connectivity index (χ3v) is 5.82. The minimum Gasteiger partial charge on any atom is -0.274 e. The number of hydrogen-bond donors (Lipinski definition) is 1. The summed E-state index contributed by atoms with van der Waals surface area (Å²) in [6.45, 7) is 6.80. The summed E-state index contributed by atoms with van der Waals surface area (Å²) in [7, 11) is 0. The summed E-state index contributed by atoms with van der Waals surface area (Å²) in [6, 6.07) is 16.5. The fourth-order valence-corrected chi connectivity index (χ4v) is 3.70. The lowest BCUT2D eigenvalue weighted by atomic mass is 10.0. The van der Waals surface area contributed by atoms with Crippen molar-refractivity contribution in [1.82, 2.24) is 35.0 Å². The van der Waals surface area contributed by atoms with Crippen LogP contribution in [0, 0.1) is 0 Å². The van der Waals surface area contributed by atoms with E-state index >= 15 is 0 Å². The Morgan fingerprint density at radius 1 is 1.03 bits per heavy atom. The lowest BCUT2D eigenvalue weighted by molar-refractivity contribution is 0.456. The SMILES string of the molecule is CCCCc1nn(C(C)CC)c(=O)n1Cc1ccc(-c2cccc(-c3nn[nH]n3)c2)cc1. The van der Waals surface area contributed by atoms with Crippen molar-refractivity contribution in [3.63, 3.8) is 0 Å². The van der Waals surface area contributed by atoms with Crippen LogP contribution in [0.2, 0.25) is 0 Å². The predicted molar refractivity (Wildman–Crippen MR) is 124 cm³/mol. The highest BCUT2D eigenvalue weighted by molar-refractivity contribution is 5.70. The number of unbranched alkanes of at least 4 members (excludes halogenated alkanes) is 1. The zero-order valence-corrected chi connectivity index (χ0v) is 18.8. The van der Waals surface area contributed by atoms with Gasteiger partial charge in [-0.05, 0) is 47.7 Å². The Labute approximate surface area is 187 Å². The monoisotopic (exact) mass is 431 g/mol. The maximum atomic E-state index is 13.0. The maximum absolute atomic E-state index is 13.0. The molecule has 166 valence electrons. The molecule has 0 saturated carbocycles. The molecule has 0 aliphatic heterocycles. The van der Waals surface area contributed by atoms with Gasteiger partial charge in [0, 0.05) is 12.0 Å². The quantitative estimate of drug-likeness (QED) is 0.427. The molecule has 1 unspecified atom stereocenters. The Hall–Kier alpha value is -3.55. The van der Waals surface area contributed by atoms with Gasteiger partial charge in [-0.15, -0.1) is 10.2 Å². The topological polar surface area (TPSA) is 94.3 Å². The van der Waals surface area contributed by atoms with Gasteiger partial charge < -0.3 is 0 Å². The molecular formula is C24H29N7O. The molecule has 1 N–H and O–H groups in total. The van der Waals surface area contributed by atoms with Crippen LogP contribution in [0.25, 0.3) is 22.5 Å². The maximum Gasteiger partial charge on any atom is 0.346 e. The molecule has 2 heterocycles. The van der Waals surface area contributed by atoms with Gasteiger partial charge in [0.2, 0.25) is 5.82 Å². The molecule has 8 nitrogen and oxygen atoms in total. The molecule has 4 rings (SSSR count). The zero-order chi connectivity index (χ0) is 22.5. The number of aryl methyl sites for hydroxylation is 1. The molecule has 0 spiro atoms. The number of hydrogen-bond acceptors (Lipinski definition) is 5. The van der Waals surface area contributed by atoms with Crippen LogP contribution in [-0.4, -0.2) is 35.0 Å². The van der Waals surface area contributed by atoms with Gasteiger partial charge in [-0.2, -0.15) is 10.3 Å². The van der Waals surface area contributed by atoms with Crippen molar-refractivity contribution in [2.45, 2.75) is 59.0 Å². The van der Waals surface area contributed by atoms with Crippen LogP contribution in [-0.2, 0) is 13.0 Å². The predicted octanol–water partition coefficient (Wildman–Crippen LogP) is 4.25. The van der Waals surface area contributed by atoms with Gasteiger partial charge in [0.25, 0.3) is 0 Å². The second-order valence-electron chi connectivity index (χ2n) is 8.10. The van der Waals surface area contributed by atoms with Gasteiger partial charge in [-0.25, -0.2) is 9.48 Å². The van der Waals surface area contributed by atoms with Crippen LogP contribution in [0.3, 0.4) is 0 Å². The molecule has 0 saturated heterocycles. The third-order valence-electron chi connectivity index (χ3n) is 5.82. The van der Waals surface area contributed by atoms with E-state index in [4.69, 9.17) is 0 Å². The van der Waals surface area contributed by atoms with Crippen LogP contribution in [0.15, 0.2) is 53.3 Å². The van der Waals surface area contributed by atoms with Crippen molar-refractivity contribution in [2.75, 3.05) is 0 Å². The highest BCUT2D eigenvalue weighted by Gasteiger charge is 2.16. The zero-order valence-electron chi connectivity index (χ0n) is 18.8. The normalized spacial score (nSPS) is 12.2. The summed E-state index contributed by atoms with van der Waals surface area (Å²) in [6.07, 6.45) is 3.78. The average molecular weight is 432 g/mol. The summed E-state index contributed by atoms with van der Waals surface area (Å²) >= 11 is 0. The van der Waals surface area contributed by atoms with E-state index in [2.05, 4.69) is 69.9 Å². The highest BCUT2D eigenvalue weighted by atomic mass is 16.2. The number of nitrogens with one attached hydrogen (secondary N) is 1. The molecule has 1 atom stereocenters. The first-order valence-corrected chi connectivity index (χ1v) is 11.2. The van der Waals surface area contributed by atoms with E-state index in [-0.39, 0.29) is 11.7 Å². The van der Waals surface area contributed by atoms with E-state index in [9.17, 15) is 4.79 Å². The van der Waals surface area contributed by atoms with Gasteiger partial charge in [0.15, 0.2) is 0 Å². The first-order valence-electron chi connectivity index (χ1n) is 11.2. The van der Waals surface area contributed by atoms with Gasteiger partial charge in [0.05, 0.1) is 12.6 Å². The van der Waals surface area contributed by atoms with Crippen molar-refractivity contribution in [3.05, 3.63) is 70.4 Å². The molecule has 0 amide bonds. The van der Waals surface area contributed by atoms with Crippen molar-refractivity contribution in [2.24, 2.45) is 0 Å². The number of tetrazole rings is 1. The molecule has 0 bridgehead atoms. The fraction of sp³-hybridized carbons (Fsp3) is 0.375. The number of benzene rings is 2. The van der Waals surface area contributed by atoms with Crippen molar-refractivity contribution >= 4 is 0 Å². The molecule has 0 fully saturated rings. The molecule has 0 aliphatic carbocycles. The summed E-state index contributed by atoms with van der Waals surface area (Å²) in [5.41, 5.74) is 4.12. The van der Waals surface area contributed by atoms with Crippen LogP contribution >= 0.6 is 0 Å². The van der Waals surface area contributed by atoms with Crippen LogP contribution in [0.5, 0.6) is 0 Å². The Bertz CT molecular complexity index is 1210. The van der Waals surface area contributed by atoms with E-state index in [1.165, 1.54) is 0 Å². The lowest BCUT2D eigenvalue weighted by Crippen LogP contribution is -2.27. The smallest absolute Gasteiger partial charge is 0.274 e. The van der Waals surface area contributed by atoms with Crippen LogP contribution in [0.4, 0.5) is 0 Å². The molecule has 32 heavy (non-hydrogen) atoms. The van der Waals surface area contributed by atoms with Gasteiger partial charge >= 0.3 is 5.69 Å². The number of rotatable bonds is 9.